The van der Waals surface area contributed by atoms with Gasteiger partial charge in [0.1, 0.15) is 6.10 Å². The van der Waals surface area contributed by atoms with Gasteiger partial charge in [-0.25, -0.2) is 0 Å². The molecular formula is C21H30OSi. The first-order chi connectivity index (χ1) is 11.0. The molecule has 1 aromatic rings. The molecule has 1 unspecified atom stereocenters. The molecular weight excluding hydrogens is 296 g/mol. The van der Waals surface area contributed by atoms with Crippen molar-refractivity contribution < 1.29 is 4.43 Å². The Morgan fingerprint density at radius 1 is 1.13 bits per heavy atom. The van der Waals surface area contributed by atoms with E-state index >= 15 is 0 Å². The first-order valence-electron chi connectivity index (χ1n) is 8.54. The van der Waals surface area contributed by atoms with Crippen molar-refractivity contribution in [2.45, 2.75) is 58.9 Å². The lowest BCUT2D eigenvalue weighted by molar-refractivity contribution is 0.276. The van der Waals surface area contributed by atoms with Gasteiger partial charge in [-0.3, -0.25) is 0 Å². The van der Waals surface area contributed by atoms with Crippen LogP contribution in [-0.4, -0.2) is 14.4 Å². The minimum absolute atomic E-state index is 0.140. The number of hydrogen-bond donors (Lipinski definition) is 0. The van der Waals surface area contributed by atoms with Gasteiger partial charge in [-0.05, 0) is 48.7 Å². The second-order valence-electron chi connectivity index (χ2n) is 6.09. The van der Waals surface area contributed by atoms with Gasteiger partial charge in [0.15, 0.2) is 8.32 Å². The van der Waals surface area contributed by atoms with Gasteiger partial charge in [0.05, 0.1) is 0 Å². The van der Waals surface area contributed by atoms with Crippen LogP contribution in [0.3, 0.4) is 0 Å². The summed E-state index contributed by atoms with van der Waals surface area (Å²) in [4.78, 5) is 0. The monoisotopic (exact) mass is 326 g/mol. The molecule has 0 aliphatic heterocycles. The molecule has 1 nitrogen and oxygen atoms in total. The fourth-order valence-corrected chi connectivity index (χ4v) is 5.31. The van der Waals surface area contributed by atoms with Crippen LogP contribution in [-0.2, 0) is 4.43 Å². The van der Waals surface area contributed by atoms with E-state index in [1.54, 1.807) is 0 Å². The zero-order valence-corrected chi connectivity index (χ0v) is 16.3. The van der Waals surface area contributed by atoms with Crippen molar-refractivity contribution in [3.63, 3.8) is 0 Å². The highest BCUT2D eigenvalue weighted by Crippen LogP contribution is 2.26. The van der Waals surface area contributed by atoms with Crippen molar-refractivity contribution in [3.8, 4) is 11.8 Å². The highest BCUT2D eigenvalue weighted by Gasteiger charge is 2.32. The fraction of sp³-hybridized carbons (Fsp3) is 0.429. The lowest BCUT2D eigenvalue weighted by Crippen LogP contribution is -2.39. The predicted molar refractivity (Wildman–Crippen MR) is 105 cm³/mol. The molecule has 0 fully saturated rings. The van der Waals surface area contributed by atoms with Gasteiger partial charge in [0, 0.05) is 0 Å². The molecule has 0 radical (unpaired) electrons. The zero-order valence-electron chi connectivity index (χ0n) is 15.3. The summed E-state index contributed by atoms with van der Waals surface area (Å²) in [5, 5.41) is 0. The minimum Gasteiger partial charge on any atom is -0.400 e. The van der Waals surface area contributed by atoms with E-state index in [1.165, 1.54) is 5.56 Å². The van der Waals surface area contributed by atoms with Crippen molar-refractivity contribution in [3.05, 3.63) is 53.6 Å². The van der Waals surface area contributed by atoms with E-state index in [0.29, 0.717) is 0 Å². The van der Waals surface area contributed by atoms with E-state index in [9.17, 15) is 0 Å². The number of hydrogen-bond acceptors (Lipinski definition) is 1. The average molecular weight is 327 g/mol. The van der Waals surface area contributed by atoms with Gasteiger partial charge in [-0.15, -0.1) is 0 Å². The molecule has 0 aromatic heterocycles. The third-order valence-electron chi connectivity index (χ3n) is 4.32. The number of rotatable bonds is 7. The van der Waals surface area contributed by atoms with Gasteiger partial charge in [0.2, 0.25) is 0 Å². The van der Waals surface area contributed by atoms with Crippen molar-refractivity contribution in [2.75, 3.05) is 0 Å². The van der Waals surface area contributed by atoms with Crippen LogP contribution < -0.4 is 0 Å². The standard InChI is InChI=1S/C21H30OSi/c1-7-23(8-2,9-3)22-21(16-15-18(4)5)19(6)17-20-13-11-10-12-14-20/h10-14,17,21H,4,7-9H2,1-3,5-6H3/b19-17+. The zero-order chi connectivity index (χ0) is 17.3. The number of benzene rings is 1. The van der Waals surface area contributed by atoms with Crippen LogP contribution in [0.4, 0.5) is 0 Å². The summed E-state index contributed by atoms with van der Waals surface area (Å²) < 4.78 is 6.63. The van der Waals surface area contributed by atoms with Gasteiger partial charge in [-0.2, -0.15) is 0 Å². The van der Waals surface area contributed by atoms with E-state index in [-0.39, 0.29) is 6.10 Å². The largest absolute Gasteiger partial charge is 0.400 e. The maximum atomic E-state index is 6.63. The van der Waals surface area contributed by atoms with Crippen molar-refractivity contribution in [2.24, 2.45) is 0 Å². The van der Waals surface area contributed by atoms with Crippen molar-refractivity contribution >= 4 is 14.4 Å². The lowest BCUT2D eigenvalue weighted by Gasteiger charge is -2.31. The van der Waals surface area contributed by atoms with Gasteiger partial charge in [0.25, 0.3) is 0 Å². The predicted octanol–water partition coefficient (Wildman–Crippen LogP) is 6.06. The summed E-state index contributed by atoms with van der Waals surface area (Å²) in [6.45, 7) is 14.7. The molecule has 0 aliphatic carbocycles. The topological polar surface area (TPSA) is 9.23 Å². The molecule has 0 N–H and O–H groups in total. The van der Waals surface area contributed by atoms with E-state index in [4.69, 9.17) is 4.43 Å². The van der Waals surface area contributed by atoms with Crippen LogP contribution in [0.25, 0.3) is 6.08 Å². The van der Waals surface area contributed by atoms with Crippen LogP contribution in [0, 0.1) is 11.8 Å². The summed E-state index contributed by atoms with van der Waals surface area (Å²) in [5.41, 5.74) is 3.23. The van der Waals surface area contributed by atoms with Gasteiger partial charge in [-0.1, -0.05) is 75.6 Å². The van der Waals surface area contributed by atoms with Gasteiger partial charge < -0.3 is 4.43 Å². The Morgan fingerprint density at radius 2 is 1.70 bits per heavy atom. The summed E-state index contributed by atoms with van der Waals surface area (Å²) in [6, 6.07) is 13.7. The second-order valence-corrected chi connectivity index (χ2v) is 10.8. The highest BCUT2D eigenvalue weighted by molar-refractivity contribution is 6.73. The quantitative estimate of drug-likeness (QED) is 0.437. The molecule has 0 spiro atoms. The normalized spacial score (nSPS) is 13.2. The maximum Gasteiger partial charge on any atom is 0.194 e. The van der Waals surface area contributed by atoms with E-state index in [2.05, 4.69) is 76.5 Å². The Kier molecular flexibility index (Phi) is 8.09. The van der Waals surface area contributed by atoms with E-state index < -0.39 is 8.32 Å². The van der Waals surface area contributed by atoms with Gasteiger partial charge >= 0.3 is 0 Å². The van der Waals surface area contributed by atoms with Crippen molar-refractivity contribution in [1.29, 1.82) is 0 Å². The first kappa shape index (κ1) is 19.5. The maximum absolute atomic E-state index is 6.63. The molecule has 0 heterocycles. The second kappa shape index (κ2) is 9.55. The molecule has 1 atom stereocenters. The average Bonchev–Trinajstić information content (AvgIpc) is 2.56. The summed E-state index contributed by atoms with van der Waals surface area (Å²) in [7, 11) is -1.71. The van der Waals surface area contributed by atoms with Crippen LogP contribution in [0.15, 0.2) is 48.1 Å². The molecule has 23 heavy (non-hydrogen) atoms. The minimum atomic E-state index is -1.71. The number of allylic oxidation sites excluding steroid dienone is 1. The molecule has 0 saturated carbocycles. The Balaban J connectivity index is 3.13. The molecule has 1 rings (SSSR count). The third kappa shape index (κ3) is 6.21. The Labute approximate surface area is 143 Å². The van der Waals surface area contributed by atoms with Crippen LogP contribution in [0.5, 0.6) is 0 Å². The molecule has 0 saturated heterocycles. The highest BCUT2D eigenvalue weighted by atomic mass is 28.4. The molecule has 0 amide bonds. The van der Waals surface area contributed by atoms with E-state index in [0.717, 1.165) is 29.3 Å². The third-order valence-corrected chi connectivity index (χ3v) is 8.93. The van der Waals surface area contributed by atoms with E-state index in [1.807, 2.05) is 13.0 Å². The SMILES string of the molecule is C=C(C)C#CC(O[Si](CC)(CC)CC)/C(C)=C/c1ccccc1. The molecule has 0 aliphatic rings. The molecule has 0 bridgehead atoms. The van der Waals surface area contributed by atoms with Crippen molar-refractivity contribution in [1.82, 2.24) is 0 Å². The van der Waals surface area contributed by atoms with Crippen LogP contribution in [0.1, 0.15) is 40.2 Å². The fourth-order valence-electron chi connectivity index (χ4n) is 2.56. The summed E-state index contributed by atoms with van der Waals surface area (Å²) in [6.07, 6.45) is 2.04. The lowest BCUT2D eigenvalue weighted by atomic mass is 10.1. The smallest absolute Gasteiger partial charge is 0.194 e. The molecule has 124 valence electrons. The summed E-state index contributed by atoms with van der Waals surface area (Å²) >= 11 is 0. The Bertz CT molecular complexity index is 577. The first-order valence-corrected chi connectivity index (χ1v) is 11.1. The van der Waals surface area contributed by atoms with Crippen LogP contribution >= 0.6 is 0 Å². The Hall–Kier alpha value is -1.56. The van der Waals surface area contributed by atoms with Crippen LogP contribution in [0.2, 0.25) is 18.1 Å². The summed E-state index contributed by atoms with van der Waals surface area (Å²) in [5.74, 6) is 6.41. The molecule has 1 aromatic carbocycles. The Morgan fingerprint density at radius 3 is 2.17 bits per heavy atom. The molecule has 2 heteroatoms.